The van der Waals surface area contributed by atoms with Gasteiger partial charge in [-0.15, -0.1) is 13.2 Å². The van der Waals surface area contributed by atoms with Crippen molar-refractivity contribution in [2.45, 2.75) is 6.61 Å². The van der Waals surface area contributed by atoms with Gasteiger partial charge < -0.3 is 10.0 Å². The predicted molar refractivity (Wildman–Crippen MR) is 64.9 cm³/mol. The van der Waals surface area contributed by atoms with Crippen LogP contribution in [-0.4, -0.2) is 18.2 Å². The van der Waals surface area contributed by atoms with Crippen molar-refractivity contribution in [1.82, 2.24) is 0 Å². The Labute approximate surface area is 95.3 Å². The van der Waals surface area contributed by atoms with Crippen molar-refractivity contribution in [1.29, 1.82) is 0 Å². The zero-order chi connectivity index (χ0) is 12.0. The first-order valence-corrected chi connectivity index (χ1v) is 5.08. The van der Waals surface area contributed by atoms with E-state index in [0.717, 1.165) is 5.69 Å². The predicted octanol–water partition coefficient (Wildman–Crippen LogP) is 2.50. The molecule has 0 aromatic heterocycles. The summed E-state index contributed by atoms with van der Waals surface area (Å²) in [6.45, 7) is 8.37. The molecule has 0 aliphatic rings. The van der Waals surface area contributed by atoms with Gasteiger partial charge in [0.25, 0.3) is 0 Å². The van der Waals surface area contributed by atoms with E-state index < -0.39 is 0 Å². The molecule has 0 spiro atoms. The minimum absolute atomic E-state index is 0.166. The fraction of sp³-hybridized carbons (Fsp3) is 0.231. The van der Waals surface area contributed by atoms with Crippen molar-refractivity contribution in [2.24, 2.45) is 0 Å². The number of halogens is 1. The Bertz CT molecular complexity index is 366. The second kappa shape index (κ2) is 6.08. The van der Waals surface area contributed by atoms with E-state index >= 15 is 0 Å². The molecule has 1 N–H and O–H groups in total. The van der Waals surface area contributed by atoms with Gasteiger partial charge in [-0.05, 0) is 23.8 Å². The molecule has 0 atom stereocenters. The quantitative estimate of drug-likeness (QED) is 0.746. The molecular weight excluding hydrogens is 205 g/mol. The molecule has 0 amide bonds. The summed E-state index contributed by atoms with van der Waals surface area (Å²) in [4.78, 5) is 1.92. The van der Waals surface area contributed by atoms with E-state index in [1.54, 1.807) is 18.2 Å². The van der Waals surface area contributed by atoms with Crippen LogP contribution in [0.2, 0.25) is 0 Å². The molecule has 0 fully saturated rings. The highest BCUT2D eigenvalue weighted by atomic mass is 19.1. The van der Waals surface area contributed by atoms with Crippen molar-refractivity contribution in [3.63, 3.8) is 0 Å². The molecule has 0 aliphatic carbocycles. The van der Waals surface area contributed by atoms with Crippen LogP contribution in [0.3, 0.4) is 0 Å². The molecule has 0 saturated heterocycles. The van der Waals surface area contributed by atoms with Gasteiger partial charge in [0.2, 0.25) is 0 Å². The van der Waals surface area contributed by atoms with Crippen LogP contribution in [0.5, 0.6) is 0 Å². The third-order valence-electron chi connectivity index (χ3n) is 2.19. The van der Waals surface area contributed by atoms with Crippen LogP contribution in [0.4, 0.5) is 10.1 Å². The highest BCUT2D eigenvalue weighted by molar-refractivity contribution is 5.50. The van der Waals surface area contributed by atoms with Gasteiger partial charge in [-0.1, -0.05) is 12.2 Å². The lowest BCUT2D eigenvalue weighted by Crippen LogP contribution is -2.23. The highest BCUT2D eigenvalue weighted by Crippen LogP contribution is 2.18. The lowest BCUT2D eigenvalue weighted by molar-refractivity contribution is 0.281. The van der Waals surface area contributed by atoms with E-state index in [2.05, 4.69) is 13.2 Å². The fourth-order valence-corrected chi connectivity index (χ4v) is 1.50. The number of benzene rings is 1. The number of hydrogen-bond acceptors (Lipinski definition) is 2. The number of nitrogens with zero attached hydrogens (tertiary/aromatic N) is 1. The molecule has 0 radical (unpaired) electrons. The minimum Gasteiger partial charge on any atom is -0.392 e. The standard InChI is InChI=1S/C13H16FNO/c1-3-5-15(6-4-2)13-8-11(10-16)7-12(14)9-13/h3-4,7-9,16H,1-2,5-6,10H2. The maximum atomic E-state index is 13.3. The smallest absolute Gasteiger partial charge is 0.125 e. The molecule has 0 saturated carbocycles. The molecule has 1 aromatic carbocycles. The number of aliphatic hydroxyl groups excluding tert-OH is 1. The van der Waals surface area contributed by atoms with Crippen LogP contribution in [-0.2, 0) is 6.61 Å². The zero-order valence-corrected chi connectivity index (χ0v) is 9.19. The van der Waals surface area contributed by atoms with Gasteiger partial charge in [0, 0.05) is 18.8 Å². The first-order valence-electron chi connectivity index (χ1n) is 5.08. The maximum Gasteiger partial charge on any atom is 0.125 e. The van der Waals surface area contributed by atoms with E-state index in [1.807, 2.05) is 4.90 Å². The monoisotopic (exact) mass is 221 g/mol. The lowest BCUT2D eigenvalue weighted by atomic mass is 10.2. The summed E-state index contributed by atoms with van der Waals surface area (Å²) in [6, 6.07) is 4.52. The van der Waals surface area contributed by atoms with Gasteiger partial charge in [-0.3, -0.25) is 0 Å². The number of hydrogen-bond donors (Lipinski definition) is 1. The fourth-order valence-electron chi connectivity index (χ4n) is 1.50. The average Bonchev–Trinajstić information content (AvgIpc) is 2.28. The van der Waals surface area contributed by atoms with Crippen LogP contribution in [0.15, 0.2) is 43.5 Å². The summed E-state index contributed by atoms with van der Waals surface area (Å²) in [7, 11) is 0. The largest absolute Gasteiger partial charge is 0.392 e. The molecule has 0 unspecified atom stereocenters. The van der Waals surface area contributed by atoms with Crippen molar-refractivity contribution in [3.8, 4) is 0 Å². The lowest BCUT2D eigenvalue weighted by Gasteiger charge is -2.22. The summed E-state index contributed by atoms with van der Waals surface area (Å²) in [5, 5.41) is 9.00. The molecule has 0 aliphatic heterocycles. The summed E-state index contributed by atoms with van der Waals surface area (Å²) < 4.78 is 13.3. The Balaban J connectivity index is 3.01. The van der Waals surface area contributed by atoms with E-state index in [0.29, 0.717) is 18.7 Å². The summed E-state index contributed by atoms with van der Waals surface area (Å²) in [6.07, 6.45) is 3.49. The molecule has 0 heterocycles. The Morgan fingerprint density at radius 2 is 1.81 bits per heavy atom. The SMILES string of the molecule is C=CCN(CC=C)c1cc(F)cc(CO)c1. The van der Waals surface area contributed by atoms with E-state index in [1.165, 1.54) is 12.1 Å². The van der Waals surface area contributed by atoms with Crippen LogP contribution in [0.1, 0.15) is 5.56 Å². The third-order valence-corrected chi connectivity index (χ3v) is 2.19. The summed E-state index contributed by atoms with van der Waals surface area (Å²) in [5.41, 5.74) is 1.29. The maximum absolute atomic E-state index is 13.3. The molecule has 0 bridgehead atoms. The molecular formula is C13H16FNO. The van der Waals surface area contributed by atoms with Crippen LogP contribution < -0.4 is 4.90 Å². The Hall–Kier alpha value is -1.61. The first kappa shape index (κ1) is 12.5. The zero-order valence-electron chi connectivity index (χ0n) is 9.19. The van der Waals surface area contributed by atoms with Crippen LogP contribution in [0, 0.1) is 5.82 Å². The van der Waals surface area contributed by atoms with Gasteiger partial charge in [0.05, 0.1) is 6.61 Å². The third kappa shape index (κ3) is 3.21. The number of anilines is 1. The van der Waals surface area contributed by atoms with Crippen molar-refractivity contribution in [3.05, 3.63) is 54.9 Å². The van der Waals surface area contributed by atoms with E-state index in [4.69, 9.17) is 5.11 Å². The number of aliphatic hydroxyl groups is 1. The second-order valence-electron chi connectivity index (χ2n) is 3.46. The second-order valence-corrected chi connectivity index (χ2v) is 3.46. The molecule has 16 heavy (non-hydrogen) atoms. The van der Waals surface area contributed by atoms with Gasteiger partial charge in [-0.25, -0.2) is 4.39 Å². The number of rotatable bonds is 6. The van der Waals surface area contributed by atoms with Crippen LogP contribution in [0.25, 0.3) is 0 Å². The average molecular weight is 221 g/mol. The van der Waals surface area contributed by atoms with Crippen molar-refractivity contribution < 1.29 is 9.50 Å². The topological polar surface area (TPSA) is 23.5 Å². The Morgan fingerprint density at radius 3 is 2.31 bits per heavy atom. The van der Waals surface area contributed by atoms with Gasteiger partial charge in [-0.2, -0.15) is 0 Å². The Morgan fingerprint density at radius 1 is 1.19 bits per heavy atom. The highest BCUT2D eigenvalue weighted by Gasteiger charge is 2.06. The molecule has 1 aromatic rings. The normalized spacial score (nSPS) is 9.88. The summed E-state index contributed by atoms with van der Waals surface area (Å²) in [5.74, 6) is -0.348. The molecule has 1 rings (SSSR count). The molecule has 86 valence electrons. The minimum atomic E-state index is -0.348. The first-order chi connectivity index (χ1) is 7.71. The van der Waals surface area contributed by atoms with E-state index in [-0.39, 0.29) is 12.4 Å². The van der Waals surface area contributed by atoms with Crippen molar-refractivity contribution >= 4 is 5.69 Å². The van der Waals surface area contributed by atoms with Crippen molar-refractivity contribution in [2.75, 3.05) is 18.0 Å². The molecule has 2 nitrogen and oxygen atoms in total. The van der Waals surface area contributed by atoms with Gasteiger partial charge in [0.15, 0.2) is 0 Å². The van der Waals surface area contributed by atoms with Gasteiger partial charge >= 0.3 is 0 Å². The molecule has 3 heteroatoms. The Kier molecular flexibility index (Phi) is 4.73. The van der Waals surface area contributed by atoms with Gasteiger partial charge in [0.1, 0.15) is 5.82 Å². The summed E-state index contributed by atoms with van der Waals surface area (Å²) >= 11 is 0. The van der Waals surface area contributed by atoms with Crippen LogP contribution >= 0.6 is 0 Å². The van der Waals surface area contributed by atoms with E-state index in [9.17, 15) is 4.39 Å².